The topological polar surface area (TPSA) is 90.5 Å². The number of allylic oxidation sites excluding steroid dienone is 1. The van der Waals surface area contributed by atoms with Gasteiger partial charge < -0.3 is 20.1 Å². The van der Waals surface area contributed by atoms with E-state index in [4.69, 9.17) is 4.74 Å². The second kappa shape index (κ2) is 7.02. The van der Waals surface area contributed by atoms with Crippen LogP contribution in [0.2, 0.25) is 0 Å². The zero-order valence-electron chi connectivity index (χ0n) is 16.2. The largest absolute Gasteiger partial charge is 0.507 e. The molecule has 1 saturated heterocycles. The molecule has 0 radical (unpaired) electrons. The molecule has 29 heavy (non-hydrogen) atoms. The molecule has 0 spiro atoms. The Morgan fingerprint density at radius 2 is 2.07 bits per heavy atom. The van der Waals surface area contributed by atoms with Crippen molar-refractivity contribution < 1.29 is 14.6 Å². The van der Waals surface area contributed by atoms with E-state index in [2.05, 4.69) is 20.2 Å². The van der Waals surface area contributed by atoms with Gasteiger partial charge >= 0.3 is 0 Å². The normalized spacial score (nSPS) is 18.4. The average molecular weight is 390 g/mol. The van der Waals surface area contributed by atoms with E-state index < -0.39 is 0 Å². The van der Waals surface area contributed by atoms with Gasteiger partial charge in [-0.25, -0.2) is 4.98 Å². The van der Waals surface area contributed by atoms with Crippen molar-refractivity contribution in [2.24, 2.45) is 0 Å². The molecule has 4 heterocycles. The minimum Gasteiger partial charge on any atom is -0.507 e. The van der Waals surface area contributed by atoms with Crippen molar-refractivity contribution in [2.45, 2.75) is 13.5 Å². The molecule has 7 nitrogen and oxygen atoms in total. The number of Topliss-reactive ketones (excluding diaryl/α,β-unsaturated/α-hetero) is 1. The lowest BCUT2D eigenvalue weighted by molar-refractivity contribution is 0.101. The van der Waals surface area contributed by atoms with Gasteiger partial charge in [-0.15, -0.1) is 0 Å². The molecule has 0 aliphatic carbocycles. The first kappa shape index (κ1) is 17.9. The Balaban J connectivity index is 1.50. The number of fused-ring (bicyclic) bond motifs is 2. The van der Waals surface area contributed by atoms with Gasteiger partial charge in [0.1, 0.15) is 17.1 Å². The first-order valence-electron chi connectivity index (χ1n) is 9.77. The molecule has 2 aromatic heterocycles. The van der Waals surface area contributed by atoms with Gasteiger partial charge in [-0.2, -0.15) is 0 Å². The molecular weight excluding hydrogens is 368 g/mol. The number of piperazine rings is 1. The summed E-state index contributed by atoms with van der Waals surface area (Å²) < 4.78 is 5.99. The minimum absolute atomic E-state index is 0.156. The summed E-state index contributed by atoms with van der Waals surface area (Å²) in [5.74, 6) is 0.710. The number of H-pyrrole nitrogens is 1. The number of ether oxygens (including phenoxy) is 1. The third-order valence-corrected chi connectivity index (χ3v) is 5.50. The first-order valence-corrected chi connectivity index (χ1v) is 9.77. The van der Waals surface area contributed by atoms with Crippen molar-refractivity contribution in [2.75, 3.05) is 26.2 Å². The predicted octanol–water partition coefficient (Wildman–Crippen LogP) is 2.60. The number of phenols is 1. The number of benzene rings is 1. The van der Waals surface area contributed by atoms with Crippen LogP contribution in [-0.2, 0) is 6.54 Å². The molecule has 2 aliphatic rings. The standard InChI is InChI=1S/C22H22N4O3/c1-13-2-3-15-14(11-24-22(15)25-13)10-19-20(28)16-4-5-18(27)17(21(16)29-19)12-26-8-6-23-7-9-26/h2-5,10-11,23,27H,6-9,12H2,1H3,(H,24,25). The molecule has 2 aliphatic heterocycles. The zero-order chi connectivity index (χ0) is 20.0. The van der Waals surface area contributed by atoms with Gasteiger partial charge in [-0.3, -0.25) is 9.69 Å². The van der Waals surface area contributed by atoms with Crippen molar-refractivity contribution in [1.82, 2.24) is 20.2 Å². The molecule has 5 rings (SSSR count). The molecule has 7 heteroatoms. The van der Waals surface area contributed by atoms with Crippen LogP contribution in [0.25, 0.3) is 17.1 Å². The molecule has 3 aromatic rings. The van der Waals surface area contributed by atoms with Gasteiger partial charge in [-0.05, 0) is 37.3 Å². The number of carbonyl (C=O) groups is 1. The second-order valence-corrected chi connectivity index (χ2v) is 7.50. The number of carbonyl (C=O) groups excluding carboxylic acids is 1. The lowest BCUT2D eigenvalue weighted by atomic mass is 10.0. The Bertz CT molecular complexity index is 1140. The van der Waals surface area contributed by atoms with E-state index in [0.29, 0.717) is 23.4 Å². The maximum atomic E-state index is 12.9. The van der Waals surface area contributed by atoms with Gasteiger partial charge in [0.05, 0.1) is 11.1 Å². The number of rotatable bonds is 3. The number of hydrogen-bond acceptors (Lipinski definition) is 6. The smallest absolute Gasteiger partial charge is 0.231 e. The van der Waals surface area contributed by atoms with Gasteiger partial charge in [0.25, 0.3) is 0 Å². The van der Waals surface area contributed by atoms with Gasteiger partial charge in [0.15, 0.2) is 5.76 Å². The van der Waals surface area contributed by atoms with E-state index in [1.54, 1.807) is 18.2 Å². The summed E-state index contributed by atoms with van der Waals surface area (Å²) in [6, 6.07) is 7.14. The molecule has 0 saturated carbocycles. The quantitative estimate of drug-likeness (QED) is 0.596. The first-order chi connectivity index (χ1) is 14.1. The Morgan fingerprint density at radius 3 is 2.90 bits per heavy atom. The van der Waals surface area contributed by atoms with E-state index in [-0.39, 0.29) is 17.3 Å². The van der Waals surface area contributed by atoms with E-state index in [0.717, 1.165) is 48.5 Å². The fourth-order valence-corrected chi connectivity index (χ4v) is 3.93. The highest BCUT2D eigenvalue weighted by molar-refractivity contribution is 6.15. The maximum absolute atomic E-state index is 12.9. The summed E-state index contributed by atoms with van der Waals surface area (Å²) in [6.45, 7) is 6.09. The molecule has 1 aromatic carbocycles. The van der Waals surface area contributed by atoms with Gasteiger partial charge in [0, 0.05) is 55.6 Å². The van der Waals surface area contributed by atoms with E-state index >= 15 is 0 Å². The van der Waals surface area contributed by atoms with Crippen molar-refractivity contribution in [3.63, 3.8) is 0 Å². The fourth-order valence-electron chi connectivity index (χ4n) is 3.93. The van der Waals surface area contributed by atoms with Crippen molar-refractivity contribution in [1.29, 1.82) is 0 Å². The highest BCUT2D eigenvalue weighted by Gasteiger charge is 2.32. The average Bonchev–Trinajstić information content (AvgIpc) is 3.26. The second-order valence-electron chi connectivity index (χ2n) is 7.50. The molecule has 0 atom stereocenters. The van der Waals surface area contributed by atoms with Crippen molar-refractivity contribution in [3.05, 3.63) is 58.6 Å². The number of phenolic OH excluding ortho intramolecular Hbond substituents is 1. The maximum Gasteiger partial charge on any atom is 0.231 e. The molecule has 0 amide bonds. The highest BCUT2D eigenvalue weighted by Crippen LogP contribution is 2.40. The SMILES string of the molecule is Cc1ccc2c(C=C3Oc4c(ccc(O)c4CN4CCNCC4)C3=O)c[nH]c2n1. The van der Waals surface area contributed by atoms with Crippen LogP contribution < -0.4 is 10.1 Å². The van der Waals surface area contributed by atoms with Crippen LogP contribution in [-0.4, -0.2) is 51.9 Å². The number of aromatic nitrogens is 2. The molecule has 0 unspecified atom stereocenters. The molecule has 0 bridgehead atoms. The number of aromatic hydroxyl groups is 1. The van der Waals surface area contributed by atoms with E-state index in [1.165, 1.54) is 0 Å². The van der Waals surface area contributed by atoms with Crippen LogP contribution in [0.4, 0.5) is 0 Å². The number of pyridine rings is 1. The molecule has 3 N–H and O–H groups in total. The summed E-state index contributed by atoms with van der Waals surface area (Å²) in [6.07, 6.45) is 3.56. The highest BCUT2D eigenvalue weighted by atomic mass is 16.5. The van der Waals surface area contributed by atoms with E-state index in [9.17, 15) is 9.90 Å². The summed E-state index contributed by atoms with van der Waals surface area (Å²) in [7, 11) is 0. The Kier molecular flexibility index (Phi) is 4.34. The minimum atomic E-state index is -0.170. The van der Waals surface area contributed by atoms with Crippen LogP contribution in [0.1, 0.15) is 27.2 Å². The summed E-state index contributed by atoms with van der Waals surface area (Å²) >= 11 is 0. The fraction of sp³-hybridized carbons (Fsp3) is 0.273. The Labute approximate surface area is 168 Å². The van der Waals surface area contributed by atoms with Crippen LogP contribution in [0, 0.1) is 6.92 Å². The molecule has 1 fully saturated rings. The third-order valence-electron chi connectivity index (χ3n) is 5.50. The summed E-state index contributed by atoms with van der Waals surface area (Å²) in [5.41, 5.74) is 3.70. The van der Waals surface area contributed by atoms with Gasteiger partial charge in [-0.1, -0.05) is 0 Å². The Morgan fingerprint density at radius 1 is 1.24 bits per heavy atom. The predicted molar refractivity (Wildman–Crippen MR) is 110 cm³/mol. The van der Waals surface area contributed by atoms with Gasteiger partial charge in [0.2, 0.25) is 5.78 Å². The molecular formula is C22H22N4O3. The summed E-state index contributed by atoms with van der Waals surface area (Å²) in [4.78, 5) is 22.8. The number of ketones is 1. The lowest BCUT2D eigenvalue weighted by Gasteiger charge is -2.27. The van der Waals surface area contributed by atoms with Crippen LogP contribution >= 0.6 is 0 Å². The zero-order valence-corrected chi connectivity index (χ0v) is 16.2. The number of nitrogens with one attached hydrogen (secondary N) is 2. The van der Waals surface area contributed by atoms with E-state index in [1.807, 2.05) is 25.3 Å². The number of aromatic amines is 1. The third kappa shape index (κ3) is 3.18. The van der Waals surface area contributed by atoms with Crippen molar-refractivity contribution in [3.8, 4) is 11.5 Å². The monoisotopic (exact) mass is 390 g/mol. The summed E-state index contributed by atoms with van der Waals surface area (Å²) in [5, 5.41) is 14.7. The lowest BCUT2D eigenvalue weighted by Crippen LogP contribution is -2.42. The van der Waals surface area contributed by atoms with Crippen LogP contribution in [0.3, 0.4) is 0 Å². The number of hydrogen-bond donors (Lipinski definition) is 3. The molecule has 148 valence electrons. The van der Waals surface area contributed by atoms with Crippen LogP contribution in [0.15, 0.2) is 36.2 Å². The Hall–Kier alpha value is -3.16. The van der Waals surface area contributed by atoms with Crippen molar-refractivity contribution >= 4 is 22.9 Å². The number of nitrogens with zero attached hydrogens (tertiary/aromatic N) is 2. The number of aryl methyl sites for hydroxylation is 1. The van der Waals surface area contributed by atoms with Crippen LogP contribution in [0.5, 0.6) is 11.5 Å².